The predicted molar refractivity (Wildman–Crippen MR) is 90.1 cm³/mol. The van der Waals surface area contributed by atoms with E-state index in [0.29, 0.717) is 11.3 Å². The van der Waals surface area contributed by atoms with Crippen LogP contribution in [0.4, 0.5) is 0 Å². The summed E-state index contributed by atoms with van der Waals surface area (Å²) in [5.41, 5.74) is 3.30. The maximum Gasteiger partial charge on any atom is 0.274 e. The first-order chi connectivity index (χ1) is 11.2. The molecule has 4 heteroatoms. The third-order valence-corrected chi connectivity index (χ3v) is 3.70. The fourth-order valence-corrected chi connectivity index (χ4v) is 2.36. The molecule has 23 heavy (non-hydrogen) atoms. The molecule has 0 aliphatic rings. The maximum atomic E-state index is 11.2. The molecule has 0 saturated carbocycles. The van der Waals surface area contributed by atoms with E-state index in [4.69, 9.17) is 9.94 Å². The molecule has 0 spiro atoms. The van der Waals surface area contributed by atoms with Crippen molar-refractivity contribution in [1.82, 2.24) is 5.48 Å². The van der Waals surface area contributed by atoms with Gasteiger partial charge < -0.3 is 4.74 Å². The number of nitrogens with one attached hydrogen (secondary N) is 1. The fraction of sp³-hybridized carbons (Fsp3) is 0.316. The zero-order valence-electron chi connectivity index (χ0n) is 13.4. The van der Waals surface area contributed by atoms with Crippen molar-refractivity contribution in [2.24, 2.45) is 0 Å². The summed E-state index contributed by atoms with van der Waals surface area (Å²) in [7, 11) is 0. The molecule has 0 aliphatic heterocycles. The van der Waals surface area contributed by atoms with E-state index < -0.39 is 5.91 Å². The number of ether oxygens (including phenoxy) is 1. The first-order valence-electron chi connectivity index (χ1n) is 8.04. The molecule has 2 aromatic rings. The Balaban J connectivity index is 1.89. The first-order valence-corrected chi connectivity index (χ1v) is 8.04. The lowest BCUT2D eigenvalue weighted by atomic mass is 10.1. The molecule has 122 valence electrons. The lowest BCUT2D eigenvalue weighted by molar-refractivity contribution is 0.0706. The van der Waals surface area contributed by atoms with Crippen molar-refractivity contribution in [2.75, 3.05) is 0 Å². The van der Waals surface area contributed by atoms with Crippen molar-refractivity contribution >= 4 is 5.91 Å². The number of unbranched alkanes of at least 4 members (excludes halogenated alkanes) is 3. The maximum absolute atomic E-state index is 11.2. The van der Waals surface area contributed by atoms with Gasteiger partial charge in [-0.05, 0) is 54.8 Å². The van der Waals surface area contributed by atoms with Crippen LogP contribution in [-0.4, -0.2) is 11.1 Å². The Hall–Kier alpha value is -2.33. The van der Waals surface area contributed by atoms with Crippen LogP contribution < -0.4 is 10.2 Å². The van der Waals surface area contributed by atoms with Gasteiger partial charge in [-0.1, -0.05) is 38.3 Å². The molecule has 1 amide bonds. The number of carbonyl (C=O) groups is 1. The zero-order valence-corrected chi connectivity index (χ0v) is 13.4. The largest absolute Gasteiger partial charge is 0.457 e. The molecular weight excluding hydrogens is 290 g/mol. The molecule has 0 saturated heterocycles. The predicted octanol–water partition coefficient (Wildman–Crippen LogP) is 4.72. The number of benzene rings is 2. The van der Waals surface area contributed by atoms with Gasteiger partial charge in [0.15, 0.2) is 0 Å². The van der Waals surface area contributed by atoms with Crippen LogP contribution in [0.15, 0.2) is 48.5 Å². The molecule has 0 atom stereocenters. The van der Waals surface area contributed by atoms with Crippen LogP contribution in [0.3, 0.4) is 0 Å². The highest BCUT2D eigenvalue weighted by Gasteiger charge is 2.04. The van der Waals surface area contributed by atoms with Crippen LogP contribution in [0, 0.1) is 0 Å². The third kappa shape index (κ3) is 5.42. The topological polar surface area (TPSA) is 58.6 Å². The van der Waals surface area contributed by atoms with E-state index in [-0.39, 0.29) is 0 Å². The van der Waals surface area contributed by atoms with Crippen molar-refractivity contribution in [3.63, 3.8) is 0 Å². The lowest BCUT2D eigenvalue weighted by Crippen LogP contribution is -2.18. The number of carbonyl (C=O) groups excluding carboxylic acids is 1. The highest BCUT2D eigenvalue weighted by atomic mass is 16.5. The van der Waals surface area contributed by atoms with Crippen LogP contribution in [0.1, 0.15) is 48.5 Å². The Bertz CT molecular complexity index is 606. The van der Waals surface area contributed by atoms with Crippen molar-refractivity contribution in [2.45, 2.75) is 39.0 Å². The number of hydroxylamine groups is 1. The van der Waals surface area contributed by atoms with Gasteiger partial charge in [-0.2, -0.15) is 0 Å². The molecule has 2 rings (SSSR count). The summed E-state index contributed by atoms with van der Waals surface area (Å²) in [6, 6.07) is 14.7. The van der Waals surface area contributed by atoms with Gasteiger partial charge in [0.1, 0.15) is 11.5 Å². The van der Waals surface area contributed by atoms with E-state index in [0.717, 1.165) is 12.2 Å². The molecule has 0 fully saturated rings. The summed E-state index contributed by atoms with van der Waals surface area (Å²) < 4.78 is 5.75. The highest BCUT2D eigenvalue weighted by Crippen LogP contribution is 2.22. The van der Waals surface area contributed by atoms with Crippen molar-refractivity contribution in [3.8, 4) is 11.5 Å². The van der Waals surface area contributed by atoms with Gasteiger partial charge in [0.25, 0.3) is 5.91 Å². The SMILES string of the molecule is CCCCCCc1ccc(Oc2ccc(C(=O)NO)cc2)cc1. The Kier molecular flexibility index (Phi) is 6.63. The average Bonchev–Trinajstić information content (AvgIpc) is 2.60. The molecule has 0 aliphatic carbocycles. The molecule has 4 nitrogen and oxygen atoms in total. The van der Waals surface area contributed by atoms with Gasteiger partial charge in [-0.3, -0.25) is 10.0 Å². The molecule has 0 heterocycles. The molecule has 0 radical (unpaired) electrons. The van der Waals surface area contributed by atoms with E-state index >= 15 is 0 Å². The number of hydrogen-bond donors (Lipinski definition) is 2. The molecule has 0 bridgehead atoms. The molecule has 2 aromatic carbocycles. The number of aryl methyl sites for hydroxylation is 1. The Morgan fingerprint density at radius 2 is 1.57 bits per heavy atom. The Labute approximate surface area is 137 Å². The van der Waals surface area contributed by atoms with E-state index in [9.17, 15) is 4.79 Å². The summed E-state index contributed by atoms with van der Waals surface area (Å²) in [5, 5.41) is 8.58. The van der Waals surface area contributed by atoms with Gasteiger partial charge in [-0.25, -0.2) is 5.48 Å². The quantitative estimate of drug-likeness (QED) is 0.421. The molecule has 0 aromatic heterocycles. The van der Waals surface area contributed by atoms with Crippen molar-refractivity contribution in [1.29, 1.82) is 0 Å². The monoisotopic (exact) mass is 313 g/mol. The normalized spacial score (nSPS) is 10.3. The second-order valence-corrected chi connectivity index (χ2v) is 5.52. The Morgan fingerprint density at radius 3 is 2.13 bits per heavy atom. The number of rotatable bonds is 8. The van der Waals surface area contributed by atoms with Crippen LogP contribution in [0.5, 0.6) is 11.5 Å². The number of hydrogen-bond acceptors (Lipinski definition) is 3. The minimum Gasteiger partial charge on any atom is -0.457 e. The molecule has 0 unspecified atom stereocenters. The van der Waals surface area contributed by atoms with Gasteiger partial charge in [0.05, 0.1) is 0 Å². The van der Waals surface area contributed by atoms with Crippen LogP contribution in [0.25, 0.3) is 0 Å². The van der Waals surface area contributed by atoms with Crippen molar-refractivity contribution < 1.29 is 14.7 Å². The van der Waals surface area contributed by atoms with Gasteiger partial charge >= 0.3 is 0 Å². The highest BCUT2D eigenvalue weighted by molar-refractivity contribution is 5.93. The zero-order chi connectivity index (χ0) is 16.5. The minimum absolute atomic E-state index is 0.377. The summed E-state index contributed by atoms with van der Waals surface area (Å²) in [4.78, 5) is 11.2. The smallest absolute Gasteiger partial charge is 0.274 e. The molecular formula is C19H23NO3. The summed E-state index contributed by atoms with van der Waals surface area (Å²) in [6.45, 7) is 2.22. The van der Waals surface area contributed by atoms with Gasteiger partial charge in [-0.15, -0.1) is 0 Å². The summed E-state index contributed by atoms with van der Waals surface area (Å²) in [6.07, 6.45) is 6.16. The minimum atomic E-state index is -0.538. The summed E-state index contributed by atoms with van der Waals surface area (Å²) >= 11 is 0. The van der Waals surface area contributed by atoms with Crippen molar-refractivity contribution in [3.05, 3.63) is 59.7 Å². The third-order valence-electron chi connectivity index (χ3n) is 3.70. The van der Waals surface area contributed by atoms with E-state index in [1.165, 1.54) is 31.2 Å². The second kappa shape index (κ2) is 8.96. The lowest BCUT2D eigenvalue weighted by Gasteiger charge is -2.07. The Morgan fingerprint density at radius 1 is 0.957 bits per heavy atom. The average molecular weight is 313 g/mol. The fourth-order valence-electron chi connectivity index (χ4n) is 2.36. The van der Waals surface area contributed by atoms with E-state index in [1.54, 1.807) is 29.7 Å². The van der Waals surface area contributed by atoms with E-state index in [1.807, 2.05) is 12.1 Å². The second-order valence-electron chi connectivity index (χ2n) is 5.52. The van der Waals surface area contributed by atoms with Crippen LogP contribution in [0.2, 0.25) is 0 Å². The van der Waals surface area contributed by atoms with Gasteiger partial charge in [0, 0.05) is 5.56 Å². The first kappa shape index (κ1) is 17.0. The van der Waals surface area contributed by atoms with Crippen LogP contribution in [-0.2, 0) is 6.42 Å². The van der Waals surface area contributed by atoms with E-state index in [2.05, 4.69) is 19.1 Å². The number of amides is 1. The van der Waals surface area contributed by atoms with Gasteiger partial charge in [0.2, 0.25) is 0 Å². The standard InChI is InChI=1S/C19H23NO3/c1-2-3-4-5-6-15-7-11-17(12-8-15)23-18-13-9-16(10-14-18)19(21)20-22/h7-14,22H,2-6H2,1H3,(H,20,21). The summed E-state index contributed by atoms with van der Waals surface area (Å²) in [5.74, 6) is 0.876. The molecule has 2 N–H and O–H groups in total. The van der Waals surface area contributed by atoms with Crippen LogP contribution >= 0.6 is 0 Å².